The van der Waals surface area contributed by atoms with Gasteiger partial charge in [0.05, 0.1) is 5.82 Å². The normalized spacial score (nSPS) is 9.85. The third-order valence-corrected chi connectivity index (χ3v) is 6.14. The Kier molecular flexibility index (Phi) is 12.3. The zero-order valence-electron chi connectivity index (χ0n) is 22.0. The van der Waals surface area contributed by atoms with Crippen LogP contribution in [-0.2, 0) is 52.8 Å². The van der Waals surface area contributed by atoms with E-state index in [-0.39, 0.29) is 61.2 Å². The predicted octanol–water partition coefficient (Wildman–Crippen LogP) is 7.68. The zero-order chi connectivity index (χ0) is 25.6. The average Bonchev–Trinajstić information content (AvgIpc) is 3.02. The van der Waals surface area contributed by atoms with E-state index < -0.39 is 0 Å². The molecule has 7 rings (SSSR count). The Morgan fingerprint density at radius 2 is 1.29 bits per heavy atom. The molecule has 7 aromatic rings. The molecule has 5 aromatic carbocycles. The van der Waals surface area contributed by atoms with Crippen LogP contribution in [0.25, 0.3) is 55.3 Å². The van der Waals surface area contributed by atoms with Crippen LogP contribution in [0, 0.1) is 24.3 Å². The molecule has 0 amide bonds. The molecule has 0 saturated heterocycles. The maximum atomic E-state index is 4.40. The topological polar surface area (TPSA) is 38.7 Å². The molecule has 0 fully saturated rings. The summed E-state index contributed by atoms with van der Waals surface area (Å²) in [6.45, 7) is 0. The summed E-state index contributed by atoms with van der Waals surface area (Å²) in [5.74, 6) is 0.720. The summed E-state index contributed by atoms with van der Waals surface area (Å²) in [6.07, 6.45) is 5.24. The second-order valence-corrected chi connectivity index (χ2v) is 8.59. The van der Waals surface area contributed by atoms with E-state index in [9.17, 15) is 0 Å². The van der Waals surface area contributed by atoms with Gasteiger partial charge in [0, 0.05) is 79.8 Å². The molecular weight excluding hydrogens is 754 g/mol. The largest absolute Gasteiger partial charge is 0.352 e. The van der Waals surface area contributed by atoms with Gasteiger partial charge in [0.15, 0.2) is 0 Å². The molecule has 41 heavy (non-hydrogen) atoms. The maximum absolute atomic E-state index is 4.40. The number of benzene rings is 5. The molecule has 0 spiro atoms. The minimum Gasteiger partial charge on any atom is -0.352 e. The SMILES string of the molecule is [B].[Ir].[Y].[c-]1ccc(-c2[c-]cc3ccc4ccccc4c3c2)[c-]c1-c1ccccn1.[c-]1ccccc1-c1ncccn1. The molecule has 5 radical (unpaired) electrons. The van der Waals surface area contributed by atoms with E-state index in [1.807, 2.05) is 54.6 Å². The second-order valence-electron chi connectivity index (χ2n) is 8.59. The molecule has 195 valence electrons. The van der Waals surface area contributed by atoms with Crippen molar-refractivity contribution in [2.45, 2.75) is 0 Å². The molecule has 0 saturated carbocycles. The summed E-state index contributed by atoms with van der Waals surface area (Å²) in [4.78, 5) is 12.6. The first-order chi connectivity index (χ1) is 18.8. The Morgan fingerprint density at radius 1 is 0.537 bits per heavy atom. The second kappa shape index (κ2) is 15.6. The van der Waals surface area contributed by atoms with Crippen molar-refractivity contribution in [3.05, 3.63) is 152 Å². The van der Waals surface area contributed by atoms with Crippen molar-refractivity contribution in [1.82, 2.24) is 15.0 Å². The van der Waals surface area contributed by atoms with E-state index >= 15 is 0 Å². The Labute approximate surface area is 281 Å². The summed E-state index contributed by atoms with van der Waals surface area (Å²) in [5, 5.41) is 4.93. The molecule has 2 heterocycles. The average molecular weight is 776 g/mol. The third-order valence-electron chi connectivity index (χ3n) is 6.14. The fourth-order valence-electron chi connectivity index (χ4n) is 4.29. The van der Waals surface area contributed by atoms with Crippen LogP contribution in [0.4, 0.5) is 0 Å². The van der Waals surface area contributed by atoms with Crippen molar-refractivity contribution in [3.8, 4) is 33.8 Å². The maximum Gasteiger partial charge on any atom is 0.0748 e. The summed E-state index contributed by atoms with van der Waals surface area (Å²) in [6, 6.07) is 49.5. The van der Waals surface area contributed by atoms with E-state index in [0.29, 0.717) is 0 Å². The van der Waals surface area contributed by atoms with Gasteiger partial charge in [-0.3, -0.25) is 33.2 Å². The molecule has 0 aliphatic rings. The van der Waals surface area contributed by atoms with Gasteiger partial charge in [0.2, 0.25) is 0 Å². The van der Waals surface area contributed by atoms with E-state index in [1.54, 1.807) is 24.7 Å². The van der Waals surface area contributed by atoms with Crippen LogP contribution in [0.15, 0.2) is 128 Å². The summed E-state index contributed by atoms with van der Waals surface area (Å²) in [7, 11) is 0. The van der Waals surface area contributed by atoms with Crippen molar-refractivity contribution >= 4 is 30.0 Å². The van der Waals surface area contributed by atoms with E-state index in [4.69, 9.17) is 0 Å². The van der Waals surface area contributed by atoms with Crippen LogP contribution < -0.4 is 0 Å². The van der Waals surface area contributed by atoms with Gasteiger partial charge in [-0.2, -0.15) is 5.56 Å². The van der Waals surface area contributed by atoms with E-state index in [1.165, 1.54) is 21.5 Å². The number of aromatic nitrogens is 3. The van der Waals surface area contributed by atoms with Crippen LogP contribution >= 0.6 is 0 Å². The van der Waals surface area contributed by atoms with Gasteiger partial charge in [0.1, 0.15) is 0 Å². The summed E-state index contributed by atoms with van der Waals surface area (Å²) in [5.41, 5.74) is 4.70. The van der Waals surface area contributed by atoms with Crippen LogP contribution in [0.5, 0.6) is 0 Å². The first-order valence-corrected chi connectivity index (χ1v) is 12.3. The fraction of sp³-hybridized carbons (Fsp3) is 0. The minimum absolute atomic E-state index is 0. The Bertz CT molecular complexity index is 1780. The molecule has 0 N–H and O–H groups in total. The third kappa shape index (κ3) is 7.70. The first-order valence-electron chi connectivity index (χ1n) is 12.3. The molecule has 0 atom stereocenters. The van der Waals surface area contributed by atoms with Gasteiger partial charge >= 0.3 is 0 Å². The minimum atomic E-state index is 0. The molecule has 6 heteroatoms. The number of fused-ring (bicyclic) bond motifs is 3. The number of pyridine rings is 1. The van der Waals surface area contributed by atoms with E-state index in [0.717, 1.165) is 33.8 Å². The van der Waals surface area contributed by atoms with Crippen molar-refractivity contribution in [2.24, 2.45) is 0 Å². The molecule has 3 nitrogen and oxygen atoms in total. The van der Waals surface area contributed by atoms with Gasteiger partial charge in [-0.1, -0.05) is 58.9 Å². The van der Waals surface area contributed by atoms with Crippen molar-refractivity contribution in [2.75, 3.05) is 0 Å². The summed E-state index contributed by atoms with van der Waals surface area (Å²) < 4.78 is 0. The number of hydrogen-bond donors (Lipinski definition) is 0. The molecule has 0 bridgehead atoms. The van der Waals surface area contributed by atoms with Crippen LogP contribution in [0.1, 0.15) is 0 Å². The van der Waals surface area contributed by atoms with Gasteiger partial charge in [-0.25, -0.2) is 6.07 Å². The van der Waals surface area contributed by atoms with Crippen molar-refractivity contribution in [1.29, 1.82) is 0 Å². The molecular formula is C35H21BIrN3Y-4. The van der Waals surface area contributed by atoms with Gasteiger partial charge < -0.3 is 11.1 Å². The predicted molar refractivity (Wildman–Crippen MR) is 159 cm³/mol. The van der Waals surface area contributed by atoms with Crippen LogP contribution in [0.2, 0.25) is 0 Å². The smallest absolute Gasteiger partial charge is 0.0748 e. The fourth-order valence-corrected chi connectivity index (χ4v) is 4.29. The summed E-state index contributed by atoms with van der Waals surface area (Å²) >= 11 is 0. The van der Waals surface area contributed by atoms with Gasteiger partial charge in [-0.05, 0) is 22.9 Å². The van der Waals surface area contributed by atoms with Gasteiger partial charge in [-0.15, -0.1) is 60.2 Å². The molecule has 2 aromatic heterocycles. The van der Waals surface area contributed by atoms with Gasteiger partial charge in [0.25, 0.3) is 0 Å². The zero-order valence-corrected chi connectivity index (χ0v) is 27.2. The van der Waals surface area contributed by atoms with Crippen LogP contribution in [0.3, 0.4) is 0 Å². The van der Waals surface area contributed by atoms with Crippen LogP contribution in [-0.4, -0.2) is 23.4 Å². The Balaban J connectivity index is 0.000000263. The molecule has 0 aliphatic heterocycles. The Morgan fingerprint density at radius 3 is 2.07 bits per heavy atom. The number of nitrogens with zero attached hydrogens (tertiary/aromatic N) is 3. The quantitative estimate of drug-likeness (QED) is 0.105. The number of hydrogen-bond acceptors (Lipinski definition) is 3. The van der Waals surface area contributed by atoms with Crippen molar-refractivity contribution in [3.63, 3.8) is 0 Å². The van der Waals surface area contributed by atoms with E-state index in [2.05, 4.69) is 87.7 Å². The molecule has 0 aliphatic carbocycles. The van der Waals surface area contributed by atoms with Crippen molar-refractivity contribution < 1.29 is 52.8 Å². The molecule has 0 unspecified atom stereocenters. The number of rotatable bonds is 3. The standard InChI is InChI=1S/C25H14N.C10H7N2.B.Ir.Y/c1-2-9-23-18(6-1)11-12-19-13-14-21(17-24(19)23)20-7-5-8-22(16-20)25-10-3-4-15-26-25;1-2-5-9(6-3-1)10-11-7-4-8-12-10;;;/h1-7,9-13,15,17H;1-5,7-8H;;;/q-3;-1;;;. The monoisotopic (exact) mass is 776 g/mol. The Hall–Kier alpha value is -3.33. The first kappa shape index (κ1) is 32.2.